The summed E-state index contributed by atoms with van der Waals surface area (Å²) in [6, 6.07) is 19.6. The van der Waals surface area contributed by atoms with E-state index < -0.39 is 11.5 Å². The van der Waals surface area contributed by atoms with Crippen molar-refractivity contribution in [2.75, 3.05) is 5.32 Å². The minimum atomic E-state index is -0.599. The number of fused-ring (bicyclic) bond motifs is 3. The van der Waals surface area contributed by atoms with E-state index in [9.17, 15) is 9.59 Å². The molecule has 25 heavy (non-hydrogen) atoms. The Morgan fingerprint density at radius 3 is 2.60 bits per heavy atom. The molecule has 1 heterocycles. The van der Waals surface area contributed by atoms with Gasteiger partial charge in [0.25, 0.3) is 5.91 Å². The normalized spacial score (nSPS) is 10.9. The lowest BCUT2D eigenvalue weighted by atomic mass is 10.1. The third-order valence-electron chi connectivity index (χ3n) is 3.98. The van der Waals surface area contributed by atoms with Crippen molar-refractivity contribution < 1.29 is 9.21 Å². The predicted molar refractivity (Wildman–Crippen MR) is 99.4 cm³/mol. The van der Waals surface area contributed by atoms with Gasteiger partial charge in [-0.2, -0.15) is 0 Å². The van der Waals surface area contributed by atoms with Crippen molar-refractivity contribution in [3.63, 3.8) is 0 Å². The summed E-state index contributed by atoms with van der Waals surface area (Å²) in [6.45, 7) is 0. The molecule has 1 amide bonds. The number of halogens is 1. The van der Waals surface area contributed by atoms with Crippen LogP contribution >= 0.6 is 11.6 Å². The molecule has 0 radical (unpaired) electrons. The van der Waals surface area contributed by atoms with Crippen LogP contribution in [0.2, 0.25) is 5.02 Å². The van der Waals surface area contributed by atoms with Crippen molar-refractivity contribution in [1.82, 2.24) is 0 Å². The third kappa shape index (κ3) is 2.88. The van der Waals surface area contributed by atoms with E-state index in [0.29, 0.717) is 16.2 Å². The molecule has 1 N–H and O–H groups in total. The number of amides is 1. The van der Waals surface area contributed by atoms with Gasteiger partial charge in [-0.25, -0.2) is 4.79 Å². The molecule has 0 unspecified atom stereocenters. The zero-order chi connectivity index (χ0) is 17.4. The largest absolute Gasteiger partial charge is 0.421 e. The second-order valence-corrected chi connectivity index (χ2v) is 6.05. The van der Waals surface area contributed by atoms with Crippen LogP contribution in [0.5, 0.6) is 0 Å². The first-order valence-corrected chi connectivity index (χ1v) is 8.02. The molecule has 0 fully saturated rings. The minimum Gasteiger partial charge on any atom is -0.421 e. The summed E-state index contributed by atoms with van der Waals surface area (Å²) in [5.74, 6) is -0.422. The molecule has 0 aliphatic carbocycles. The first kappa shape index (κ1) is 15.4. The molecule has 0 aliphatic rings. The summed E-state index contributed by atoms with van der Waals surface area (Å²) in [5, 5.41) is 5.79. The Balaban J connectivity index is 1.81. The number of carbonyl (C=O) groups excluding carboxylic acids is 1. The second-order valence-electron chi connectivity index (χ2n) is 5.61. The van der Waals surface area contributed by atoms with Crippen LogP contribution in [-0.4, -0.2) is 5.91 Å². The number of carbonyl (C=O) groups is 1. The van der Waals surface area contributed by atoms with Gasteiger partial charge in [-0.3, -0.25) is 4.79 Å². The van der Waals surface area contributed by atoms with Crippen molar-refractivity contribution >= 4 is 44.9 Å². The maximum absolute atomic E-state index is 12.4. The fourth-order valence-corrected chi connectivity index (χ4v) is 2.97. The van der Waals surface area contributed by atoms with E-state index in [-0.39, 0.29) is 5.69 Å². The van der Waals surface area contributed by atoms with E-state index in [2.05, 4.69) is 5.32 Å². The highest BCUT2D eigenvalue weighted by atomic mass is 35.5. The molecule has 0 aliphatic heterocycles. The SMILES string of the molecule is O=C(Nc1cc2c(ccc3ccccc32)oc1=O)c1cccc(Cl)c1. The molecular weight excluding hydrogens is 338 g/mol. The Hall–Kier alpha value is -3.11. The number of anilines is 1. The molecule has 4 aromatic rings. The molecule has 0 saturated heterocycles. The van der Waals surface area contributed by atoms with Crippen LogP contribution in [0.15, 0.2) is 75.9 Å². The number of nitrogens with one attached hydrogen (secondary N) is 1. The van der Waals surface area contributed by atoms with Crippen LogP contribution in [0.1, 0.15) is 10.4 Å². The van der Waals surface area contributed by atoms with Gasteiger partial charge in [0.1, 0.15) is 11.3 Å². The van der Waals surface area contributed by atoms with Crippen molar-refractivity contribution in [2.24, 2.45) is 0 Å². The fourth-order valence-electron chi connectivity index (χ4n) is 2.78. The highest BCUT2D eigenvalue weighted by molar-refractivity contribution is 6.31. The summed E-state index contributed by atoms with van der Waals surface area (Å²) < 4.78 is 5.37. The maximum atomic E-state index is 12.4. The maximum Gasteiger partial charge on any atom is 0.360 e. The van der Waals surface area contributed by atoms with Crippen molar-refractivity contribution in [3.8, 4) is 0 Å². The Kier molecular flexibility index (Phi) is 3.75. The minimum absolute atomic E-state index is 0.0915. The van der Waals surface area contributed by atoms with Gasteiger partial charge in [0.15, 0.2) is 0 Å². The Morgan fingerprint density at radius 2 is 1.76 bits per heavy atom. The van der Waals surface area contributed by atoms with E-state index in [1.165, 1.54) is 6.07 Å². The average molecular weight is 350 g/mol. The van der Waals surface area contributed by atoms with Crippen LogP contribution in [-0.2, 0) is 0 Å². The molecule has 0 atom stereocenters. The van der Waals surface area contributed by atoms with Gasteiger partial charge in [-0.1, -0.05) is 48.0 Å². The van der Waals surface area contributed by atoms with Crippen LogP contribution in [0.3, 0.4) is 0 Å². The van der Waals surface area contributed by atoms with Crippen LogP contribution in [0, 0.1) is 0 Å². The quantitative estimate of drug-likeness (QED) is 0.415. The van der Waals surface area contributed by atoms with Gasteiger partial charge in [-0.05, 0) is 41.1 Å². The molecule has 0 spiro atoms. The summed E-state index contributed by atoms with van der Waals surface area (Å²) in [7, 11) is 0. The van der Waals surface area contributed by atoms with Crippen molar-refractivity contribution in [2.45, 2.75) is 0 Å². The van der Waals surface area contributed by atoms with Crippen molar-refractivity contribution in [1.29, 1.82) is 0 Å². The Morgan fingerprint density at radius 1 is 0.920 bits per heavy atom. The average Bonchev–Trinajstić information content (AvgIpc) is 2.62. The zero-order valence-corrected chi connectivity index (χ0v) is 13.7. The fraction of sp³-hybridized carbons (Fsp3) is 0. The zero-order valence-electron chi connectivity index (χ0n) is 13.0. The summed E-state index contributed by atoms with van der Waals surface area (Å²) >= 11 is 5.91. The van der Waals surface area contributed by atoms with E-state index >= 15 is 0 Å². The molecular formula is C20H12ClNO3. The van der Waals surface area contributed by atoms with Crippen LogP contribution in [0.4, 0.5) is 5.69 Å². The molecule has 0 bridgehead atoms. The van der Waals surface area contributed by atoms with Gasteiger partial charge in [0, 0.05) is 16.0 Å². The smallest absolute Gasteiger partial charge is 0.360 e. The van der Waals surface area contributed by atoms with Crippen LogP contribution < -0.4 is 10.9 Å². The Bertz CT molecular complexity index is 1180. The van der Waals surface area contributed by atoms with E-state index in [0.717, 1.165) is 16.2 Å². The Labute approximate surface area is 147 Å². The highest BCUT2D eigenvalue weighted by Gasteiger charge is 2.12. The number of benzene rings is 3. The van der Waals surface area contributed by atoms with Gasteiger partial charge in [0.2, 0.25) is 0 Å². The van der Waals surface area contributed by atoms with E-state index in [4.69, 9.17) is 16.0 Å². The van der Waals surface area contributed by atoms with Gasteiger partial charge < -0.3 is 9.73 Å². The lowest BCUT2D eigenvalue weighted by Crippen LogP contribution is -2.17. The lowest BCUT2D eigenvalue weighted by molar-refractivity contribution is 0.102. The molecule has 4 rings (SSSR count). The standard InChI is InChI=1S/C20H12ClNO3/c21-14-6-3-5-13(10-14)19(23)22-17-11-16-15-7-2-1-4-12(15)8-9-18(16)25-20(17)24/h1-11H,(H,22,23). The first-order valence-electron chi connectivity index (χ1n) is 7.64. The van der Waals surface area contributed by atoms with E-state index in [1.807, 2.05) is 30.3 Å². The lowest BCUT2D eigenvalue weighted by Gasteiger charge is -2.07. The first-order chi connectivity index (χ1) is 12.1. The number of hydrogen-bond acceptors (Lipinski definition) is 3. The molecule has 5 heteroatoms. The second kappa shape index (κ2) is 6.07. The monoisotopic (exact) mass is 349 g/mol. The number of rotatable bonds is 2. The summed E-state index contributed by atoms with van der Waals surface area (Å²) in [5.41, 5.74) is 0.335. The van der Waals surface area contributed by atoms with E-state index in [1.54, 1.807) is 30.3 Å². The highest BCUT2D eigenvalue weighted by Crippen LogP contribution is 2.26. The predicted octanol–water partition coefficient (Wildman–Crippen LogP) is 4.85. The molecule has 4 nitrogen and oxygen atoms in total. The van der Waals surface area contributed by atoms with Gasteiger partial charge in [-0.15, -0.1) is 0 Å². The van der Waals surface area contributed by atoms with Gasteiger partial charge >= 0.3 is 5.63 Å². The number of hydrogen-bond donors (Lipinski definition) is 1. The van der Waals surface area contributed by atoms with Crippen LogP contribution in [0.25, 0.3) is 21.7 Å². The van der Waals surface area contributed by atoms with Gasteiger partial charge in [0.05, 0.1) is 0 Å². The summed E-state index contributed by atoms with van der Waals surface area (Å²) in [4.78, 5) is 24.6. The molecule has 122 valence electrons. The molecule has 0 saturated carbocycles. The summed E-state index contributed by atoms with van der Waals surface area (Å²) in [6.07, 6.45) is 0. The molecule has 3 aromatic carbocycles. The third-order valence-corrected chi connectivity index (χ3v) is 4.21. The molecule has 1 aromatic heterocycles. The van der Waals surface area contributed by atoms with Crippen molar-refractivity contribution in [3.05, 3.63) is 87.7 Å². The topological polar surface area (TPSA) is 59.3 Å².